The first-order chi connectivity index (χ1) is 9.76. The highest BCUT2D eigenvalue weighted by Gasteiger charge is 2.26. The van der Waals surface area contributed by atoms with Gasteiger partial charge in [-0.25, -0.2) is 14.8 Å². The van der Waals surface area contributed by atoms with Crippen molar-refractivity contribution in [3.63, 3.8) is 0 Å². The van der Waals surface area contributed by atoms with Gasteiger partial charge < -0.3 is 10.1 Å². The van der Waals surface area contributed by atoms with Gasteiger partial charge in [-0.15, -0.1) is 11.3 Å². The van der Waals surface area contributed by atoms with Gasteiger partial charge in [0.1, 0.15) is 5.82 Å². The number of rotatable bonds is 5. The van der Waals surface area contributed by atoms with Crippen LogP contribution < -0.4 is 5.32 Å². The van der Waals surface area contributed by atoms with Crippen LogP contribution in [0.25, 0.3) is 0 Å². The third-order valence-electron chi connectivity index (χ3n) is 3.03. The minimum absolute atomic E-state index is 0.350. The normalized spacial score (nSPS) is 14.1. The summed E-state index contributed by atoms with van der Waals surface area (Å²) in [5, 5.41) is 6.08. The Morgan fingerprint density at radius 3 is 3.00 bits per heavy atom. The molecule has 1 aliphatic carbocycles. The first kappa shape index (κ1) is 13.1. The number of thiazole rings is 1. The van der Waals surface area contributed by atoms with Crippen LogP contribution in [0.15, 0.2) is 23.7 Å². The summed E-state index contributed by atoms with van der Waals surface area (Å²) in [5.41, 5.74) is 1.62. The standard InChI is InChI=1S/C14H15N3O2S/c1-2-19-13(18)10-5-6-12(15-7-10)17-14-16-11(8-20-14)9-3-4-9/h5-9H,2-4H2,1H3,(H,15,16,17). The molecule has 1 fully saturated rings. The van der Waals surface area contributed by atoms with Crippen LogP contribution in [0.5, 0.6) is 0 Å². The van der Waals surface area contributed by atoms with Gasteiger partial charge >= 0.3 is 5.97 Å². The summed E-state index contributed by atoms with van der Waals surface area (Å²) in [5.74, 6) is 0.979. The van der Waals surface area contributed by atoms with Gasteiger partial charge in [0.15, 0.2) is 5.13 Å². The molecule has 0 atom stereocenters. The summed E-state index contributed by atoms with van der Waals surface area (Å²) in [7, 11) is 0. The molecule has 0 spiro atoms. The Morgan fingerprint density at radius 1 is 1.50 bits per heavy atom. The predicted octanol–water partition coefficient (Wildman–Crippen LogP) is 3.34. The summed E-state index contributed by atoms with van der Waals surface area (Å²) < 4.78 is 4.91. The summed E-state index contributed by atoms with van der Waals surface area (Å²) in [6, 6.07) is 3.45. The maximum absolute atomic E-state index is 11.5. The van der Waals surface area contributed by atoms with E-state index in [1.807, 2.05) is 0 Å². The van der Waals surface area contributed by atoms with E-state index in [4.69, 9.17) is 4.74 Å². The summed E-state index contributed by atoms with van der Waals surface area (Å²) >= 11 is 1.58. The number of carbonyl (C=O) groups is 1. The number of nitrogens with one attached hydrogen (secondary N) is 1. The quantitative estimate of drug-likeness (QED) is 0.855. The van der Waals surface area contributed by atoms with Crippen molar-refractivity contribution in [2.24, 2.45) is 0 Å². The highest BCUT2D eigenvalue weighted by atomic mass is 32.1. The van der Waals surface area contributed by atoms with Crippen LogP contribution in [0.1, 0.15) is 41.7 Å². The van der Waals surface area contributed by atoms with Gasteiger partial charge in [-0.3, -0.25) is 0 Å². The van der Waals surface area contributed by atoms with Crippen molar-refractivity contribution in [1.82, 2.24) is 9.97 Å². The Labute approximate surface area is 121 Å². The SMILES string of the molecule is CCOC(=O)c1ccc(Nc2nc(C3CC3)cs2)nc1. The van der Waals surface area contributed by atoms with Crippen LogP contribution >= 0.6 is 11.3 Å². The van der Waals surface area contributed by atoms with Crippen molar-refractivity contribution < 1.29 is 9.53 Å². The highest BCUT2D eigenvalue weighted by molar-refractivity contribution is 7.13. The molecular weight excluding hydrogens is 274 g/mol. The molecule has 2 aromatic heterocycles. The van der Waals surface area contributed by atoms with E-state index in [1.54, 1.807) is 30.4 Å². The predicted molar refractivity (Wildman–Crippen MR) is 77.6 cm³/mol. The van der Waals surface area contributed by atoms with Gasteiger partial charge in [0.25, 0.3) is 0 Å². The summed E-state index contributed by atoms with van der Waals surface area (Å²) in [6.07, 6.45) is 4.00. The second kappa shape index (κ2) is 5.58. The van der Waals surface area contributed by atoms with Crippen LogP contribution in [0.4, 0.5) is 10.9 Å². The fourth-order valence-corrected chi connectivity index (χ4v) is 2.62. The number of anilines is 2. The Morgan fingerprint density at radius 2 is 2.35 bits per heavy atom. The van der Waals surface area contributed by atoms with E-state index in [0.29, 0.717) is 23.9 Å². The molecule has 0 unspecified atom stereocenters. The smallest absolute Gasteiger partial charge is 0.339 e. The van der Waals surface area contributed by atoms with E-state index >= 15 is 0 Å². The fraction of sp³-hybridized carbons (Fsp3) is 0.357. The molecule has 0 radical (unpaired) electrons. The van der Waals surface area contributed by atoms with Crippen molar-refractivity contribution >= 4 is 28.3 Å². The van der Waals surface area contributed by atoms with Crippen molar-refractivity contribution in [2.75, 3.05) is 11.9 Å². The van der Waals surface area contributed by atoms with Crippen LogP contribution in [0, 0.1) is 0 Å². The van der Waals surface area contributed by atoms with E-state index < -0.39 is 0 Å². The zero-order valence-electron chi connectivity index (χ0n) is 11.1. The summed E-state index contributed by atoms with van der Waals surface area (Å²) in [6.45, 7) is 2.14. The number of aromatic nitrogens is 2. The Hall–Kier alpha value is -1.95. The maximum Gasteiger partial charge on any atom is 0.339 e. The first-order valence-electron chi connectivity index (χ1n) is 6.62. The minimum Gasteiger partial charge on any atom is -0.462 e. The molecule has 0 aliphatic heterocycles. The first-order valence-corrected chi connectivity index (χ1v) is 7.50. The lowest BCUT2D eigenvalue weighted by Crippen LogP contribution is -2.05. The second-order valence-corrected chi connectivity index (χ2v) is 5.49. The van der Waals surface area contributed by atoms with Crippen molar-refractivity contribution in [1.29, 1.82) is 0 Å². The van der Waals surface area contributed by atoms with Crippen LogP contribution in [0.3, 0.4) is 0 Å². The molecule has 104 valence electrons. The van der Waals surface area contributed by atoms with Gasteiger partial charge in [-0.2, -0.15) is 0 Å². The molecule has 20 heavy (non-hydrogen) atoms. The molecule has 0 amide bonds. The second-order valence-electron chi connectivity index (χ2n) is 4.63. The van der Waals surface area contributed by atoms with Gasteiger partial charge in [0, 0.05) is 17.5 Å². The number of pyridine rings is 1. The van der Waals surface area contributed by atoms with E-state index in [-0.39, 0.29) is 5.97 Å². The number of carbonyl (C=O) groups excluding carboxylic acids is 1. The number of hydrogen-bond acceptors (Lipinski definition) is 6. The Bertz CT molecular complexity index is 605. The molecule has 2 aromatic rings. The largest absolute Gasteiger partial charge is 0.462 e. The molecule has 0 bridgehead atoms. The lowest BCUT2D eigenvalue weighted by molar-refractivity contribution is 0.0526. The molecule has 6 heteroatoms. The zero-order valence-corrected chi connectivity index (χ0v) is 11.9. The number of ether oxygens (including phenoxy) is 1. The topological polar surface area (TPSA) is 64.1 Å². The lowest BCUT2D eigenvalue weighted by atomic mass is 10.3. The van der Waals surface area contributed by atoms with Gasteiger partial charge in [-0.1, -0.05) is 0 Å². The van der Waals surface area contributed by atoms with Crippen LogP contribution in [-0.2, 0) is 4.74 Å². The number of esters is 1. The van der Waals surface area contributed by atoms with Gasteiger partial charge in [0.05, 0.1) is 17.9 Å². The maximum atomic E-state index is 11.5. The molecule has 0 aromatic carbocycles. The number of nitrogens with zero attached hydrogens (tertiary/aromatic N) is 2. The molecule has 1 N–H and O–H groups in total. The molecule has 1 aliphatic rings. The molecule has 5 nitrogen and oxygen atoms in total. The Balaban J connectivity index is 1.66. The highest BCUT2D eigenvalue weighted by Crippen LogP contribution is 2.41. The number of hydrogen-bond donors (Lipinski definition) is 1. The fourth-order valence-electron chi connectivity index (χ4n) is 1.82. The van der Waals surface area contributed by atoms with Crippen molar-refractivity contribution in [3.05, 3.63) is 35.0 Å². The summed E-state index contributed by atoms with van der Waals surface area (Å²) in [4.78, 5) is 20.2. The average Bonchev–Trinajstić information content (AvgIpc) is 3.21. The van der Waals surface area contributed by atoms with E-state index in [9.17, 15) is 4.79 Å². The van der Waals surface area contributed by atoms with E-state index in [1.165, 1.54) is 24.7 Å². The lowest BCUT2D eigenvalue weighted by Gasteiger charge is -2.03. The third kappa shape index (κ3) is 2.96. The molecular formula is C14H15N3O2S. The third-order valence-corrected chi connectivity index (χ3v) is 3.80. The van der Waals surface area contributed by atoms with Crippen LogP contribution in [0.2, 0.25) is 0 Å². The average molecular weight is 289 g/mol. The monoisotopic (exact) mass is 289 g/mol. The zero-order chi connectivity index (χ0) is 13.9. The molecule has 2 heterocycles. The van der Waals surface area contributed by atoms with E-state index in [2.05, 4.69) is 20.7 Å². The molecule has 3 rings (SSSR count). The molecule has 1 saturated carbocycles. The van der Waals surface area contributed by atoms with Crippen molar-refractivity contribution in [3.8, 4) is 0 Å². The van der Waals surface area contributed by atoms with E-state index in [0.717, 1.165) is 5.13 Å². The van der Waals surface area contributed by atoms with Crippen molar-refractivity contribution in [2.45, 2.75) is 25.7 Å². The van der Waals surface area contributed by atoms with Gasteiger partial charge in [0.2, 0.25) is 0 Å². The minimum atomic E-state index is -0.350. The van der Waals surface area contributed by atoms with Crippen LogP contribution in [-0.4, -0.2) is 22.5 Å². The Kier molecular flexibility index (Phi) is 3.64. The molecule has 0 saturated heterocycles. The van der Waals surface area contributed by atoms with Gasteiger partial charge in [-0.05, 0) is 31.9 Å².